The van der Waals surface area contributed by atoms with Gasteiger partial charge in [0.25, 0.3) is 0 Å². The highest BCUT2D eigenvalue weighted by atomic mass is 32.2. The van der Waals surface area contributed by atoms with E-state index in [0.717, 1.165) is 6.54 Å². The molecule has 0 saturated carbocycles. The van der Waals surface area contributed by atoms with Gasteiger partial charge in [0, 0.05) is 30.6 Å². The second-order valence-corrected chi connectivity index (χ2v) is 7.34. The van der Waals surface area contributed by atoms with Crippen LogP contribution in [0.3, 0.4) is 0 Å². The molecule has 0 spiro atoms. The Labute approximate surface area is 112 Å². The number of thioether (sulfide) groups is 1. The van der Waals surface area contributed by atoms with Crippen LogP contribution in [0, 0.1) is 5.41 Å². The molecular formula is C14H30N2S. The molecule has 0 aromatic carbocycles. The zero-order valence-electron chi connectivity index (χ0n) is 12.1. The fraction of sp³-hybridized carbons (Fsp3) is 1.00. The molecule has 1 saturated heterocycles. The predicted molar refractivity (Wildman–Crippen MR) is 79.9 cm³/mol. The van der Waals surface area contributed by atoms with Crippen molar-refractivity contribution in [2.75, 3.05) is 37.7 Å². The molecule has 0 amide bonds. The molecule has 0 aliphatic carbocycles. The van der Waals surface area contributed by atoms with Crippen LogP contribution in [-0.4, -0.2) is 48.6 Å². The van der Waals surface area contributed by atoms with Crippen molar-refractivity contribution >= 4 is 11.8 Å². The second kappa shape index (κ2) is 7.65. The summed E-state index contributed by atoms with van der Waals surface area (Å²) in [5, 5.41) is 3.72. The van der Waals surface area contributed by atoms with E-state index in [1.54, 1.807) is 0 Å². The Hall–Kier alpha value is 0.270. The van der Waals surface area contributed by atoms with Crippen LogP contribution in [0.4, 0.5) is 0 Å². The minimum Gasteiger partial charge on any atom is -0.313 e. The SMILES string of the molecule is CCCNC(CCN1CCSCC1)C(C)(C)C. The first-order valence-electron chi connectivity index (χ1n) is 7.07. The summed E-state index contributed by atoms with van der Waals surface area (Å²) in [6.07, 6.45) is 2.51. The zero-order chi connectivity index (χ0) is 12.7. The molecule has 0 aromatic heterocycles. The Bertz CT molecular complexity index is 195. The smallest absolute Gasteiger partial charge is 0.0128 e. The maximum Gasteiger partial charge on any atom is 0.0128 e. The summed E-state index contributed by atoms with van der Waals surface area (Å²) in [5.41, 5.74) is 0.375. The lowest BCUT2D eigenvalue weighted by Gasteiger charge is -2.34. The van der Waals surface area contributed by atoms with E-state index in [2.05, 4.69) is 49.7 Å². The Morgan fingerprint density at radius 3 is 2.41 bits per heavy atom. The van der Waals surface area contributed by atoms with Crippen molar-refractivity contribution in [1.82, 2.24) is 10.2 Å². The van der Waals surface area contributed by atoms with Gasteiger partial charge < -0.3 is 10.2 Å². The second-order valence-electron chi connectivity index (χ2n) is 6.12. The van der Waals surface area contributed by atoms with Gasteiger partial charge in [-0.25, -0.2) is 0 Å². The van der Waals surface area contributed by atoms with E-state index in [1.165, 1.54) is 44.0 Å². The fourth-order valence-electron chi connectivity index (χ4n) is 2.30. The van der Waals surface area contributed by atoms with Gasteiger partial charge in [0.1, 0.15) is 0 Å². The van der Waals surface area contributed by atoms with Crippen LogP contribution < -0.4 is 5.32 Å². The van der Waals surface area contributed by atoms with E-state index in [0.29, 0.717) is 11.5 Å². The van der Waals surface area contributed by atoms with Gasteiger partial charge in [-0.1, -0.05) is 27.7 Å². The van der Waals surface area contributed by atoms with Gasteiger partial charge in [-0.3, -0.25) is 0 Å². The van der Waals surface area contributed by atoms with E-state index >= 15 is 0 Å². The van der Waals surface area contributed by atoms with Crippen molar-refractivity contribution in [2.24, 2.45) is 5.41 Å². The highest BCUT2D eigenvalue weighted by molar-refractivity contribution is 7.99. The maximum absolute atomic E-state index is 3.72. The van der Waals surface area contributed by atoms with Gasteiger partial charge in [0.2, 0.25) is 0 Å². The number of hydrogen-bond donors (Lipinski definition) is 1. The third kappa shape index (κ3) is 6.12. The van der Waals surface area contributed by atoms with Gasteiger partial charge >= 0.3 is 0 Å². The van der Waals surface area contributed by atoms with E-state index in [1.807, 2.05) is 0 Å². The van der Waals surface area contributed by atoms with Crippen LogP contribution in [0.5, 0.6) is 0 Å². The molecule has 2 nitrogen and oxygen atoms in total. The van der Waals surface area contributed by atoms with Gasteiger partial charge in [-0.2, -0.15) is 11.8 Å². The van der Waals surface area contributed by atoms with Crippen LogP contribution in [-0.2, 0) is 0 Å². The summed E-state index contributed by atoms with van der Waals surface area (Å²) in [4.78, 5) is 2.63. The number of nitrogens with one attached hydrogen (secondary N) is 1. The molecule has 102 valence electrons. The molecule has 1 aliphatic rings. The molecule has 3 heteroatoms. The molecule has 17 heavy (non-hydrogen) atoms. The largest absolute Gasteiger partial charge is 0.313 e. The summed E-state index contributed by atoms with van der Waals surface area (Å²) in [5.74, 6) is 2.64. The Balaban J connectivity index is 2.31. The fourth-order valence-corrected chi connectivity index (χ4v) is 3.27. The summed E-state index contributed by atoms with van der Waals surface area (Å²) in [7, 11) is 0. The highest BCUT2D eigenvalue weighted by Crippen LogP contribution is 2.22. The lowest BCUT2D eigenvalue weighted by molar-refractivity contribution is 0.212. The predicted octanol–water partition coefficient (Wildman–Crippen LogP) is 2.84. The first-order valence-corrected chi connectivity index (χ1v) is 8.23. The van der Waals surface area contributed by atoms with Crippen molar-refractivity contribution in [3.8, 4) is 0 Å². The topological polar surface area (TPSA) is 15.3 Å². The number of nitrogens with zero attached hydrogens (tertiary/aromatic N) is 1. The molecule has 0 bridgehead atoms. The quantitative estimate of drug-likeness (QED) is 0.789. The van der Waals surface area contributed by atoms with Gasteiger partial charge in [-0.15, -0.1) is 0 Å². The molecule has 1 atom stereocenters. The summed E-state index contributed by atoms with van der Waals surface area (Å²) >= 11 is 2.10. The maximum atomic E-state index is 3.72. The van der Waals surface area contributed by atoms with E-state index in [9.17, 15) is 0 Å². The van der Waals surface area contributed by atoms with Crippen molar-refractivity contribution < 1.29 is 0 Å². The van der Waals surface area contributed by atoms with E-state index in [4.69, 9.17) is 0 Å². The molecule has 1 rings (SSSR count). The Morgan fingerprint density at radius 1 is 1.24 bits per heavy atom. The van der Waals surface area contributed by atoms with Gasteiger partial charge in [0.15, 0.2) is 0 Å². The van der Waals surface area contributed by atoms with Crippen molar-refractivity contribution in [3.63, 3.8) is 0 Å². The first-order chi connectivity index (χ1) is 8.04. The Morgan fingerprint density at radius 2 is 1.88 bits per heavy atom. The average Bonchev–Trinajstić information content (AvgIpc) is 2.29. The molecule has 1 aliphatic heterocycles. The van der Waals surface area contributed by atoms with Crippen LogP contribution >= 0.6 is 11.8 Å². The van der Waals surface area contributed by atoms with Crippen LogP contribution in [0.1, 0.15) is 40.5 Å². The molecule has 0 radical (unpaired) electrons. The standard InChI is InChI=1S/C14H30N2S/c1-5-7-15-13(14(2,3)4)6-8-16-9-11-17-12-10-16/h13,15H,5-12H2,1-4H3. The van der Waals surface area contributed by atoms with Crippen LogP contribution in [0.2, 0.25) is 0 Å². The summed E-state index contributed by atoms with van der Waals surface area (Å²) < 4.78 is 0. The van der Waals surface area contributed by atoms with E-state index in [-0.39, 0.29) is 0 Å². The molecular weight excluding hydrogens is 228 g/mol. The van der Waals surface area contributed by atoms with Crippen molar-refractivity contribution in [1.29, 1.82) is 0 Å². The average molecular weight is 258 g/mol. The normalized spacial score (nSPS) is 20.5. The molecule has 0 aromatic rings. The van der Waals surface area contributed by atoms with Gasteiger partial charge in [0.05, 0.1) is 0 Å². The zero-order valence-corrected chi connectivity index (χ0v) is 12.9. The lowest BCUT2D eigenvalue weighted by atomic mass is 9.84. The number of rotatable bonds is 6. The van der Waals surface area contributed by atoms with E-state index < -0.39 is 0 Å². The highest BCUT2D eigenvalue weighted by Gasteiger charge is 2.24. The third-order valence-corrected chi connectivity index (χ3v) is 4.47. The van der Waals surface area contributed by atoms with Crippen LogP contribution in [0.25, 0.3) is 0 Å². The molecule has 1 heterocycles. The Kier molecular flexibility index (Phi) is 6.90. The van der Waals surface area contributed by atoms with Gasteiger partial charge in [-0.05, 0) is 31.3 Å². The summed E-state index contributed by atoms with van der Waals surface area (Å²) in [6.45, 7) is 14.3. The minimum absolute atomic E-state index is 0.375. The molecule has 1 unspecified atom stereocenters. The summed E-state index contributed by atoms with van der Waals surface area (Å²) in [6, 6.07) is 0.650. The van der Waals surface area contributed by atoms with Crippen molar-refractivity contribution in [2.45, 2.75) is 46.6 Å². The third-order valence-electron chi connectivity index (χ3n) is 3.52. The first kappa shape index (κ1) is 15.3. The minimum atomic E-state index is 0.375. The number of hydrogen-bond acceptors (Lipinski definition) is 3. The van der Waals surface area contributed by atoms with Crippen LogP contribution in [0.15, 0.2) is 0 Å². The lowest BCUT2D eigenvalue weighted by Crippen LogP contribution is -2.44. The molecule has 1 N–H and O–H groups in total. The monoisotopic (exact) mass is 258 g/mol. The molecule has 1 fully saturated rings. The van der Waals surface area contributed by atoms with Crippen molar-refractivity contribution in [3.05, 3.63) is 0 Å².